The largest absolute Gasteiger partial charge is 0.370 e. The number of carbonyl (C=O) groups is 2. The molecule has 0 aliphatic rings. The lowest BCUT2D eigenvalue weighted by Gasteiger charge is -2.02. The van der Waals surface area contributed by atoms with Gasteiger partial charge in [0.25, 0.3) is 0 Å². The fourth-order valence-electron chi connectivity index (χ4n) is 1.11. The number of nitrogens with one attached hydrogen (secondary N) is 1. The summed E-state index contributed by atoms with van der Waals surface area (Å²) in [6.07, 6.45) is 1.15. The van der Waals surface area contributed by atoms with Crippen molar-refractivity contribution in [3.63, 3.8) is 0 Å². The Balaban J connectivity index is 2.11. The molecule has 2 amide bonds. The zero-order valence-corrected chi connectivity index (χ0v) is 9.18. The van der Waals surface area contributed by atoms with Crippen molar-refractivity contribution in [1.29, 1.82) is 0 Å². The van der Waals surface area contributed by atoms with Crippen molar-refractivity contribution < 1.29 is 9.59 Å². The molecule has 0 radical (unpaired) electrons. The third-order valence-corrected chi connectivity index (χ3v) is 2.74. The number of amides is 2. The third-order valence-electron chi connectivity index (χ3n) is 1.87. The van der Waals surface area contributed by atoms with E-state index in [1.54, 1.807) is 11.3 Å². The van der Waals surface area contributed by atoms with E-state index in [1.807, 2.05) is 17.5 Å². The van der Waals surface area contributed by atoms with Crippen LogP contribution in [0, 0.1) is 0 Å². The lowest BCUT2D eigenvalue weighted by molar-refractivity contribution is -0.121. The molecular weight excluding hydrogens is 212 g/mol. The summed E-state index contributed by atoms with van der Waals surface area (Å²) in [5.41, 5.74) is 4.96. The minimum absolute atomic E-state index is 0.0374. The van der Waals surface area contributed by atoms with Crippen molar-refractivity contribution in [3.05, 3.63) is 22.4 Å². The molecule has 4 nitrogen and oxygen atoms in total. The Hall–Kier alpha value is -1.36. The summed E-state index contributed by atoms with van der Waals surface area (Å²) < 4.78 is 0. The molecule has 5 heteroatoms. The first-order chi connectivity index (χ1) is 7.18. The van der Waals surface area contributed by atoms with E-state index in [9.17, 15) is 9.59 Å². The van der Waals surface area contributed by atoms with E-state index in [-0.39, 0.29) is 18.2 Å². The van der Waals surface area contributed by atoms with E-state index in [2.05, 4.69) is 5.32 Å². The lowest BCUT2D eigenvalue weighted by Crippen LogP contribution is -2.22. The van der Waals surface area contributed by atoms with Gasteiger partial charge in [-0.2, -0.15) is 0 Å². The van der Waals surface area contributed by atoms with Crippen molar-refractivity contribution in [2.75, 3.05) is 0 Å². The number of carbonyl (C=O) groups excluding carboxylic acids is 2. The Kier molecular flexibility index (Phi) is 4.83. The van der Waals surface area contributed by atoms with E-state index in [0.717, 1.165) is 4.88 Å². The molecule has 0 saturated heterocycles. The molecule has 0 aromatic carbocycles. The Morgan fingerprint density at radius 3 is 2.80 bits per heavy atom. The second-order valence-electron chi connectivity index (χ2n) is 3.18. The van der Waals surface area contributed by atoms with Crippen molar-refractivity contribution in [2.24, 2.45) is 5.73 Å². The number of primary amides is 1. The van der Waals surface area contributed by atoms with Gasteiger partial charge in [-0.05, 0) is 17.9 Å². The smallest absolute Gasteiger partial charge is 0.220 e. The molecule has 1 heterocycles. The highest BCUT2D eigenvalue weighted by atomic mass is 32.1. The minimum atomic E-state index is -0.360. The van der Waals surface area contributed by atoms with Gasteiger partial charge in [0.1, 0.15) is 0 Å². The summed E-state index contributed by atoms with van der Waals surface area (Å²) in [5, 5.41) is 4.74. The first kappa shape index (κ1) is 11.7. The van der Waals surface area contributed by atoms with E-state index >= 15 is 0 Å². The van der Waals surface area contributed by atoms with Crippen LogP contribution in [-0.4, -0.2) is 11.8 Å². The van der Waals surface area contributed by atoms with Crippen LogP contribution < -0.4 is 11.1 Å². The molecule has 0 bridgehead atoms. The summed E-state index contributed by atoms with van der Waals surface area (Å²) in [4.78, 5) is 22.8. The van der Waals surface area contributed by atoms with Gasteiger partial charge in [-0.15, -0.1) is 11.3 Å². The van der Waals surface area contributed by atoms with Crippen LogP contribution in [0.5, 0.6) is 0 Å². The van der Waals surface area contributed by atoms with Gasteiger partial charge in [0.05, 0.1) is 6.54 Å². The van der Waals surface area contributed by atoms with Gasteiger partial charge in [0.2, 0.25) is 11.8 Å². The number of rotatable bonds is 6. The standard InChI is InChI=1S/C10H14N2O2S/c11-9(13)4-1-5-10(14)12-7-8-3-2-6-15-8/h2-3,6H,1,4-5,7H2,(H2,11,13)(H,12,14). The lowest BCUT2D eigenvalue weighted by atomic mass is 10.2. The van der Waals surface area contributed by atoms with Crippen LogP contribution in [-0.2, 0) is 16.1 Å². The van der Waals surface area contributed by atoms with Crippen LogP contribution >= 0.6 is 11.3 Å². The molecule has 15 heavy (non-hydrogen) atoms. The Morgan fingerprint density at radius 2 is 2.20 bits per heavy atom. The molecule has 0 unspecified atom stereocenters. The predicted molar refractivity (Wildman–Crippen MR) is 59.2 cm³/mol. The maximum Gasteiger partial charge on any atom is 0.220 e. The summed E-state index contributed by atoms with van der Waals surface area (Å²) in [7, 11) is 0. The molecule has 1 aromatic rings. The summed E-state index contributed by atoms with van der Waals surface area (Å²) in [6.45, 7) is 0.563. The molecule has 0 fully saturated rings. The molecule has 0 spiro atoms. The molecule has 3 N–H and O–H groups in total. The van der Waals surface area contributed by atoms with E-state index in [1.165, 1.54) is 0 Å². The first-order valence-electron chi connectivity index (χ1n) is 4.76. The van der Waals surface area contributed by atoms with Crippen molar-refractivity contribution in [1.82, 2.24) is 5.32 Å². The number of hydrogen-bond donors (Lipinski definition) is 2. The number of nitrogens with two attached hydrogens (primary N) is 1. The highest BCUT2D eigenvalue weighted by Gasteiger charge is 2.02. The molecule has 1 aromatic heterocycles. The van der Waals surface area contributed by atoms with Crippen LogP contribution in [0.25, 0.3) is 0 Å². The Morgan fingerprint density at radius 1 is 1.40 bits per heavy atom. The second kappa shape index (κ2) is 6.19. The third kappa shape index (κ3) is 5.17. The predicted octanol–water partition coefficient (Wildman–Crippen LogP) is 1.02. The quantitative estimate of drug-likeness (QED) is 0.760. The minimum Gasteiger partial charge on any atom is -0.370 e. The SMILES string of the molecule is NC(=O)CCCC(=O)NCc1cccs1. The number of thiophene rings is 1. The second-order valence-corrected chi connectivity index (χ2v) is 4.21. The van der Waals surface area contributed by atoms with E-state index < -0.39 is 0 Å². The maximum atomic E-state index is 11.3. The normalized spacial score (nSPS) is 9.87. The molecule has 0 saturated carbocycles. The number of hydrogen-bond acceptors (Lipinski definition) is 3. The van der Waals surface area contributed by atoms with Crippen LogP contribution in [0.2, 0.25) is 0 Å². The van der Waals surface area contributed by atoms with E-state index in [4.69, 9.17) is 5.73 Å². The fraction of sp³-hybridized carbons (Fsp3) is 0.400. The van der Waals surface area contributed by atoms with Gasteiger partial charge >= 0.3 is 0 Å². The highest BCUT2D eigenvalue weighted by molar-refractivity contribution is 7.09. The first-order valence-corrected chi connectivity index (χ1v) is 5.64. The van der Waals surface area contributed by atoms with Crippen LogP contribution in [0.1, 0.15) is 24.1 Å². The van der Waals surface area contributed by atoms with Gasteiger partial charge < -0.3 is 11.1 Å². The van der Waals surface area contributed by atoms with Crippen LogP contribution in [0.15, 0.2) is 17.5 Å². The zero-order chi connectivity index (χ0) is 11.1. The monoisotopic (exact) mass is 226 g/mol. The Bertz CT molecular complexity index is 322. The van der Waals surface area contributed by atoms with Gasteiger partial charge in [0.15, 0.2) is 0 Å². The summed E-state index contributed by atoms with van der Waals surface area (Å²) in [5.74, 6) is -0.397. The molecule has 0 aliphatic heterocycles. The highest BCUT2D eigenvalue weighted by Crippen LogP contribution is 2.07. The van der Waals surface area contributed by atoms with E-state index in [0.29, 0.717) is 19.4 Å². The fourth-order valence-corrected chi connectivity index (χ4v) is 1.75. The molecule has 0 atom stereocenters. The van der Waals surface area contributed by atoms with Gasteiger partial charge in [-0.3, -0.25) is 9.59 Å². The van der Waals surface area contributed by atoms with Crippen LogP contribution in [0.4, 0.5) is 0 Å². The van der Waals surface area contributed by atoms with Crippen molar-refractivity contribution in [2.45, 2.75) is 25.8 Å². The zero-order valence-electron chi connectivity index (χ0n) is 8.36. The average molecular weight is 226 g/mol. The topological polar surface area (TPSA) is 72.2 Å². The van der Waals surface area contributed by atoms with Gasteiger partial charge in [-0.1, -0.05) is 6.07 Å². The molecule has 0 aliphatic carbocycles. The summed E-state index contributed by atoms with van der Waals surface area (Å²) in [6, 6.07) is 3.91. The van der Waals surface area contributed by atoms with Gasteiger partial charge in [-0.25, -0.2) is 0 Å². The molecule has 82 valence electrons. The Labute approximate surface area is 92.5 Å². The molecular formula is C10H14N2O2S. The molecule has 1 rings (SSSR count). The van der Waals surface area contributed by atoms with Crippen LogP contribution in [0.3, 0.4) is 0 Å². The van der Waals surface area contributed by atoms with Crippen molar-refractivity contribution in [3.8, 4) is 0 Å². The van der Waals surface area contributed by atoms with Crippen molar-refractivity contribution >= 4 is 23.2 Å². The maximum absolute atomic E-state index is 11.3. The average Bonchev–Trinajstić information content (AvgIpc) is 2.66. The van der Waals surface area contributed by atoms with Gasteiger partial charge in [0, 0.05) is 17.7 Å². The summed E-state index contributed by atoms with van der Waals surface area (Å²) >= 11 is 1.60.